The first-order valence-electron chi connectivity index (χ1n) is 6.11. The van der Waals surface area contributed by atoms with Crippen LogP contribution in [-0.4, -0.2) is 13.1 Å². The molecule has 2 aliphatic carbocycles. The largest absolute Gasteiger partial charge is 0.316 e. The van der Waals surface area contributed by atoms with Crippen LogP contribution in [0.25, 0.3) is 0 Å². The van der Waals surface area contributed by atoms with E-state index in [1.54, 1.807) is 19.3 Å². The molecule has 3 rings (SSSR count). The second-order valence-corrected chi connectivity index (χ2v) is 5.50. The predicted molar refractivity (Wildman–Crippen MR) is 54.6 cm³/mol. The Hall–Kier alpha value is -0.0400. The third-order valence-electron chi connectivity index (χ3n) is 4.75. The van der Waals surface area contributed by atoms with Crippen molar-refractivity contribution in [2.75, 3.05) is 13.1 Å². The summed E-state index contributed by atoms with van der Waals surface area (Å²) < 4.78 is 0. The zero-order chi connectivity index (χ0) is 8.73. The van der Waals surface area contributed by atoms with Gasteiger partial charge in [-0.25, -0.2) is 0 Å². The summed E-state index contributed by atoms with van der Waals surface area (Å²) in [6.07, 6.45) is 10.7. The van der Waals surface area contributed by atoms with Crippen LogP contribution >= 0.6 is 0 Å². The molecule has 2 unspecified atom stereocenters. The normalized spacial score (nSPS) is 45.7. The minimum absolute atomic E-state index is 0.808. The molecule has 1 saturated heterocycles. The number of nitrogens with one attached hydrogen (secondary N) is 1. The van der Waals surface area contributed by atoms with Crippen LogP contribution in [0.5, 0.6) is 0 Å². The van der Waals surface area contributed by atoms with Gasteiger partial charge in [-0.3, -0.25) is 0 Å². The van der Waals surface area contributed by atoms with Gasteiger partial charge in [0.15, 0.2) is 0 Å². The molecule has 1 nitrogen and oxygen atoms in total. The molecular weight excluding hydrogens is 158 g/mol. The van der Waals surface area contributed by atoms with Crippen molar-refractivity contribution in [3.63, 3.8) is 0 Å². The minimum atomic E-state index is 0.808. The molecule has 2 saturated carbocycles. The molecule has 0 aromatic carbocycles. The molecule has 0 amide bonds. The van der Waals surface area contributed by atoms with Crippen LogP contribution in [0.4, 0.5) is 0 Å². The first-order valence-corrected chi connectivity index (χ1v) is 6.11. The number of hydrogen-bond donors (Lipinski definition) is 1. The van der Waals surface area contributed by atoms with E-state index in [1.807, 2.05) is 0 Å². The molecule has 0 aromatic rings. The summed E-state index contributed by atoms with van der Waals surface area (Å²) in [6.45, 7) is 2.64. The fraction of sp³-hybridized carbons (Fsp3) is 1.00. The average molecular weight is 179 g/mol. The van der Waals surface area contributed by atoms with Crippen molar-refractivity contribution in [1.29, 1.82) is 0 Å². The van der Waals surface area contributed by atoms with Gasteiger partial charge in [-0.15, -0.1) is 0 Å². The summed E-state index contributed by atoms with van der Waals surface area (Å²) in [5.74, 6) is 2.25. The van der Waals surface area contributed by atoms with Gasteiger partial charge in [-0.1, -0.05) is 32.1 Å². The second-order valence-electron chi connectivity index (χ2n) is 5.50. The van der Waals surface area contributed by atoms with Crippen molar-refractivity contribution in [1.82, 2.24) is 5.32 Å². The van der Waals surface area contributed by atoms with Gasteiger partial charge in [0.2, 0.25) is 0 Å². The molecule has 1 spiro atoms. The van der Waals surface area contributed by atoms with Crippen LogP contribution < -0.4 is 5.32 Å². The Morgan fingerprint density at radius 2 is 1.92 bits per heavy atom. The lowest BCUT2D eigenvalue weighted by Crippen LogP contribution is -2.16. The van der Waals surface area contributed by atoms with E-state index < -0.39 is 0 Å². The molecule has 13 heavy (non-hydrogen) atoms. The van der Waals surface area contributed by atoms with E-state index in [0.29, 0.717) is 0 Å². The fourth-order valence-electron chi connectivity index (χ4n) is 3.84. The van der Waals surface area contributed by atoms with E-state index in [9.17, 15) is 0 Å². The van der Waals surface area contributed by atoms with Crippen molar-refractivity contribution in [2.45, 2.75) is 44.9 Å². The zero-order valence-electron chi connectivity index (χ0n) is 8.52. The summed E-state index contributed by atoms with van der Waals surface area (Å²) >= 11 is 0. The van der Waals surface area contributed by atoms with E-state index in [-0.39, 0.29) is 0 Å². The molecule has 0 radical (unpaired) electrons. The summed E-state index contributed by atoms with van der Waals surface area (Å²) in [5, 5.41) is 3.54. The lowest BCUT2D eigenvalue weighted by Gasteiger charge is -2.23. The fourth-order valence-corrected chi connectivity index (χ4v) is 3.84. The van der Waals surface area contributed by atoms with Crippen molar-refractivity contribution in [3.05, 3.63) is 0 Å². The highest BCUT2D eigenvalue weighted by atomic mass is 15.0. The minimum Gasteiger partial charge on any atom is -0.316 e. The van der Waals surface area contributed by atoms with Crippen molar-refractivity contribution in [2.24, 2.45) is 17.3 Å². The van der Waals surface area contributed by atoms with E-state index in [4.69, 9.17) is 0 Å². The van der Waals surface area contributed by atoms with E-state index >= 15 is 0 Å². The molecule has 1 N–H and O–H groups in total. The Labute approximate surface area is 81.3 Å². The quantitative estimate of drug-likeness (QED) is 0.652. The Morgan fingerprint density at radius 1 is 1.08 bits per heavy atom. The molecule has 0 bridgehead atoms. The summed E-state index contributed by atoms with van der Waals surface area (Å²) in [7, 11) is 0. The van der Waals surface area contributed by atoms with Gasteiger partial charge in [-0.2, -0.15) is 0 Å². The van der Waals surface area contributed by atoms with Crippen LogP contribution in [0.2, 0.25) is 0 Å². The van der Waals surface area contributed by atoms with Crippen LogP contribution in [0.3, 0.4) is 0 Å². The number of rotatable bonds is 1. The SMILES string of the molecule is C1CCC(C2CC23CCNC3)CC1. The van der Waals surface area contributed by atoms with Crippen molar-refractivity contribution < 1.29 is 0 Å². The maximum Gasteiger partial charge on any atom is 0.00112 e. The second kappa shape index (κ2) is 2.98. The lowest BCUT2D eigenvalue weighted by molar-refractivity contribution is 0.284. The van der Waals surface area contributed by atoms with Crippen LogP contribution in [0.15, 0.2) is 0 Å². The van der Waals surface area contributed by atoms with Gasteiger partial charge in [0, 0.05) is 6.54 Å². The highest BCUT2D eigenvalue weighted by Crippen LogP contribution is 2.62. The maximum atomic E-state index is 3.54. The van der Waals surface area contributed by atoms with E-state index in [0.717, 1.165) is 17.3 Å². The Morgan fingerprint density at radius 3 is 2.62 bits per heavy atom. The van der Waals surface area contributed by atoms with Gasteiger partial charge in [0.05, 0.1) is 0 Å². The predicted octanol–water partition coefficient (Wildman–Crippen LogP) is 2.57. The molecule has 2 atom stereocenters. The molecule has 3 fully saturated rings. The number of hydrogen-bond acceptors (Lipinski definition) is 1. The van der Waals surface area contributed by atoms with Gasteiger partial charge < -0.3 is 5.32 Å². The van der Waals surface area contributed by atoms with Crippen LogP contribution in [-0.2, 0) is 0 Å². The van der Waals surface area contributed by atoms with Crippen molar-refractivity contribution >= 4 is 0 Å². The Kier molecular flexibility index (Phi) is 1.90. The Balaban J connectivity index is 1.61. The summed E-state index contributed by atoms with van der Waals surface area (Å²) in [5.41, 5.74) is 0.808. The van der Waals surface area contributed by atoms with Crippen LogP contribution in [0, 0.1) is 17.3 Å². The molecule has 1 heterocycles. The Bertz CT molecular complexity index is 187. The smallest absolute Gasteiger partial charge is 0.00112 e. The monoisotopic (exact) mass is 179 g/mol. The first kappa shape index (κ1) is 8.28. The van der Waals surface area contributed by atoms with Gasteiger partial charge in [-0.05, 0) is 36.6 Å². The molecule has 74 valence electrons. The van der Waals surface area contributed by atoms with E-state index in [1.165, 1.54) is 38.8 Å². The van der Waals surface area contributed by atoms with Crippen LogP contribution in [0.1, 0.15) is 44.9 Å². The molecule has 1 aliphatic heterocycles. The summed E-state index contributed by atoms with van der Waals surface area (Å²) in [4.78, 5) is 0. The highest BCUT2D eigenvalue weighted by Gasteiger charge is 2.57. The van der Waals surface area contributed by atoms with Crippen molar-refractivity contribution in [3.8, 4) is 0 Å². The van der Waals surface area contributed by atoms with E-state index in [2.05, 4.69) is 5.32 Å². The standard InChI is InChI=1S/C12H21N/c1-2-4-10(5-3-1)11-8-12(11)6-7-13-9-12/h10-11,13H,1-9H2. The van der Waals surface area contributed by atoms with Gasteiger partial charge >= 0.3 is 0 Å². The highest BCUT2D eigenvalue weighted by molar-refractivity contribution is 5.09. The zero-order valence-corrected chi connectivity index (χ0v) is 8.52. The van der Waals surface area contributed by atoms with Gasteiger partial charge in [0.25, 0.3) is 0 Å². The third-order valence-corrected chi connectivity index (χ3v) is 4.75. The maximum absolute atomic E-state index is 3.54. The average Bonchev–Trinajstić information content (AvgIpc) is 2.66. The summed E-state index contributed by atoms with van der Waals surface area (Å²) in [6, 6.07) is 0. The topological polar surface area (TPSA) is 12.0 Å². The van der Waals surface area contributed by atoms with Gasteiger partial charge in [0.1, 0.15) is 0 Å². The molecule has 0 aromatic heterocycles. The molecular formula is C12H21N. The first-order chi connectivity index (χ1) is 6.41. The molecule has 3 aliphatic rings. The lowest BCUT2D eigenvalue weighted by atomic mass is 9.82. The third kappa shape index (κ3) is 1.32. The molecule has 1 heteroatoms.